The van der Waals surface area contributed by atoms with Gasteiger partial charge in [0.2, 0.25) is 0 Å². The molecule has 0 aliphatic heterocycles. The van der Waals surface area contributed by atoms with E-state index in [2.05, 4.69) is 41.1 Å². The zero-order chi connectivity index (χ0) is 13.5. The molecule has 3 heteroatoms. The average molecular weight is 275 g/mol. The van der Waals surface area contributed by atoms with Crippen LogP contribution < -0.4 is 5.73 Å². The van der Waals surface area contributed by atoms with Crippen LogP contribution in [0, 0.1) is 0 Å². The van der Waals surface area contributed by atoms with E-state index in [-0.39, 0.29) is 12.1 Å². The van der Waals surface area contributed by atoms with Gasteiger partial charge in [-0.2, -0.15) is 11.3 Å². The van der Waals surface area contributed by atoms with Gasteiger partial charge in [-0.3, -0.25) is 0 Å². The van der Waals surface area contributed by atoms with Crippen LogP contribution in [0.4, 0.5) is 0 Å². The van der Waals surface area contributed by atoms with Crippen LogP contribution in [0.1, 0.15) is 30.6 Å². The maximum absolute atomic E-state index is 6.00. The second kappa shape index (κ2) is 7.43. The molecule has 1 aromatic carbocycles. The van der Waals surface area contributed by atoms with Crippen molar-refractivity contribution in [2.45, 2.75) is 31.9 Å². The zero-order valence-corrected chi connectivity index (χ0v) is 12.1. The second-order valence-electron chi connectivity index (χ2n) is 4.80. The van der Waals surface area contributed by atoms with E-state index >= 15 is 0 Å². The fourth-order valence-electron chi connectivity index (χ4n) is 2.12. The minimum atomic E-state index is 0.0158. The van der Waals surface area contributed by atoms with Crippen molar-refractivity contribution in [3.8, 4) is 0 Å². The standard InChI is InChI=1S/C16H21NOS/c1-13(17)16(15-9-11-19-12-15)18-10-5-8-14-6-3-2-4-7-14/h2-4,6-7,9,11-13,16H,5,8,10,17H2,1H3. The van der Waals surface area contributed by atoms with Crippen molar-refractivity contribution in [2.75, 3.05) is 6.61 Å². The van der Waals surface area contributed by atoms with Crippen molar-refractivity contribution in [3.63, 3.8) is 0 Å². The Bertz CT molecular complexity index is 453. The maximum Gasteiger partial charge on any atom is 0.0980 e. The van der Waals surface area contributed by atoms with Crippen molar-refractivity contribution in [1.29, 1.82) is 0 Å². The molecule has 0 spiro atoms. The molecule has 0 aliphatic rings. The molecule has 2 atom stereocenters. The Morgan fingerprint density at radius 1 is 1.21 bits per heavy atom. The van der Waals surface area contributed by atoms with Crippen molar-refractivity contribution >= 4 is 11.3 Å². The van der Waals surface area contributed by atoms with Crippen molar-refractivity contribution in [2.24, 2.45) is 5.73 Å². The molecule has 0 amide bonds. The molecule has 2 N–H and O–H groups in total. The first-order chi connectivity index (χ1) is 9.27. The number of hydrogen-bond acceptors (Lipinski definition) is 3. The van der Waals surface area contributed by atoms with Gasteiger partial charge in [-0.1, -0.05) is 30.3 Å². The molecule has 2 nitrogen and oxygen atoms in total. The predicted octanol–water partition coefficient (Wildman–Crippen LogP) is 3.79. The van der Waals surface area contributed by atoms with Gasteiger partial charge in [-0.25, -0.2) is 0 Å². The summed E-state index contributed by atoms with van der Waals surface area (Å²) in [5.74, 6) is 0. The largest absolute Gasteiger partial charge is 0.372 e. The number of benzene rings is 1. The number of thiophene rings is 1. The minimum Gasteiger partial charge on any atom is -0.372 e. The third kappa shape index (κ3) is 4.46. The minimum absolute atomic E-state index is 0.0158. The second-order valence-corrected chi connectivity index (χ2v) is 5.58. The summed E-state index contributed by atoms with van der Waals surface area (Å²) in [6, 6.07) is 12.6. The third-order valence-electron chi connectivity index (χ3n) is 3.10. The lowest BCUT2D eigenvalue weighted by Crippen LogP contribution is -2.27. The lowest BCUT2D eigenvalue weighted by Gasteiger charge is -2.20. The van der Waals surface area contributed by atoms with E-state index in [1.165, 1.54) is 11.1 Å². The Morgan fingerprint density at radius 2 is 2.00 bits per heavy atom. The highest BCUT2D eigenvalue weighted by Crippen LogP contribution is 2.23. The smallest absolute Gasteiger partial charge is 0.0980 e. The molecule has 2 unspecified atom stereocenters. The van der Waals surface area contributed by atoms with Crippen LogP contribution in [0.5, 0.6) is 0 Å². The van der Waals surface area contributed by atoms with Gasteiger partial charge in [0.25, 0.3) is 0 Å². The van der Waals surface area contributed by atoms with E-state index in [0.29, 0.717) is 0 Å². The Hall–Kier alpha value is -1.16. The topological polar surface area (TPSA) is 35.2 Å². The van der Waals surface area contributed by atoms with E-state index in [9.17, 15) is 0 Å². The molecule has 0 bridgehead atoms. The molecular formula is C16H21NOS. The van der Waals surface area contributed by atoms with Gasteiger partial charge in [0.15, 0.2) is 0 Å². The first kappa shape index (κ1) is 14.3. The van der Waals surface area contributed by atoms with Gasteiger partial charge in [0.05, 0.1) is 6.10 Å². The van der Waals surface area contributed by atoms with Gasteiger partial charge in [-0.05, 0) is 47.7 Å². The zero-order valence-electron chi connectivity index (χ0n) is 11.3. The predicted molar refractivity (Wildman–Crippen MR) is 81.4 cm³/mol. The van der Waals surface area contributed by atoms with Gasteiger partial charge < -0.3 is 10.5 Å². The number of rotatable bonds is 7. The molecule has 19 heavy (non-hydrogen) atoms. The Labute approximate surface area is 119 Å². The summed E-state index contributed by atoms with van der Waals surface area (Å²) in [4.78, 5) is 0. The highest BCUT2D eigenvalue weighted by molar-refractivity contribution is 7.07. The highest BCUT2D eigenvalue weighted by Gasteiger charge is 2.16. The lowest BCUT2D eigenvalue weighted by atomic mass is 10.1. The molecule has 1 heterocycles. The van der Waals surface area contributed by atoms with Crippen LogP contribution in [-0.4, -0.2) is 12.6 Å². The van der Waals surface area contributed by atoms with Crippen LogP contribution in [-0.2, 0) is 11.2 Å². The van der Waals surface area contributed by atoms with Gasteiger partial charge in [-0.15, -0.1) is 0 Å². The Morgan fingerprint density at radius 3 is 2.63 bits per heavy atom. The quantitative estimate of drug-likeness (QED) is 0.780. The van der Waals surface area contributed by atoms with Crippen LogP contribution in [0.2, 0.25) is 0 Å². The van der Waals surface area contributed by atoms with Crippen LogP contribution in [0.3, 0.4) is 0 Å². The molecule has 0 aliphatic carbocycles. The molecule has 0 radical (unpaired) electrons. The summed E-state index contributed by atoms with van der Waals surface area (Å²) in [7, 11) is 0. The molecular weight excluding hydrogens is 254 g/mol. The van der Waals surface area contributed by atoms with E-state index in [4.69, 9.17) is 10.5 Å². The lowest BCUT2D eigenvalue weighted by molar-refractivity contribution is 0.0372. The summed E-state index contributed by atoms with van der Waals surface area (Å²) in [5.41, 5.74) is 8.56. The molecule has 0 fully saturated rings. The molecule has 1 aromatic heterocycles. The van der Waals surface area contributed by atoms with Crippen LogP contribution in [0.15, 0.2) is 47.2 Å². The van der Waals surface area contributed by atoms with Gasteiger partial charge >= 0.3 is 0 Å². The summed E-state index contributed by atoms with van der Waals surface area (Å²) >= 11 is 1.69. The first-order valence-electron chi connectivity index (χ1n) is 6.70. The number of ether oxygens (including phenoxy) is 1. The number of aryl methyl sites for hydroxylation is 1. The summed E-state index contributed by atoms with van der Waals surface area (Å²) in [6.07, 6.45) is 2.09. The summed E-state index contributed by atoms with van der Waals surface area (Å²) < 4.78 is 5.95. The first-order valence-corrected chi connectivity index (χ1v) is 7.65. The Balaban J connectivity index is 1.77. The van der Waals surface area contributed by atoms with Gasteiger partial charge in [0.1, 0.15) is 0 Å². The van der Waals surface area contributed by atoms with Crippen molar-refractivity contribution in [3.05, 3.63) is 58.3 Å². The molecule has 102 valence electrons. The monoisotopic (exact) mass is 275 g/mol. The van der Waals surface area contributed by atoms with Crippen LogP contribution in [0.25, 0.3) is 0 Å². The van der Waals surface area contributed by atoms with Gasteiger partial charge in [0, 0.05) is 12.6 Å². The molecule has 2 rings (SSSR count). The van der Waals surface area contributed by atoms with Crippen molar-refractivity contribution < 1.29 is 4.74 Å². The fourth-order valence-corrected chi connectivity index (χ4v) is 2.80. The molecule has 2 aromatic rings. The third-order valence-corrected chi connectivity index (χ3v) is 3.80. The normalized spacial score (nSPS) is 14.2. The molecule has 0 saturated heterocycles. The summed E-state index contributed by atoms with van der Waals surface area (Å²) in [5, 5.41) is 4.18. The number of nitrogens with two attached hydrogens (primary N) is 1. The number of hydrogen-bond donors (Lipinski definition) is 1. The van der Waals surface area contributed by atoms with E-state index < -0.39 is 0 Å². The summed E-state index contributed by atoms with van der Waals surface area (Å²) in [6.45, 7) is 2.75. The average Bonchev–Trinajstić information content (AvgIpc) is 2.93. The fraction of sp³-hybridized carbons (Fsp3) is 0.375. The van der Waals surface area contributed by atoms with E-state index in [1.807, 2.05) is 13.0 Å². The van der Waals surface area contributed by atoms with E-state index in [1.54, 1.807) is 11.3 Å². The Kier molecular flexibility index (Phi) is 5.58. The highest BCUT2D eigenvalue weighted by atomic mass is 32.1. The SMILES string of the molecule is CC(N)C(OCCCc1ccccc1)c1ccsc1. The van der Waals surface area contributed by atoms with Crippen LogP contribution >= 0.6 is 11.3 Å². The molecule has 0 saturated carbocycles. The maximum atomic E-state index is 6.00. The van der Waals surface area contributed by atoms with E-state index in [0.717, 1.165) is 19.4 Å². The van der Waals surface area contributed by atoms with Crippen molar-refractivity contribution in [1.82, 2.24) is 0 Å².